The molecule has 0 fully saturated rings. The summed E-state index contributed by atoms with van der Waals surface area (Å²) in [6.45, 7) is 5.97. The molecule has 1 aromatic carbocycles. The highest BCUT2D eigenvalue weighted by Gasteiger charge is 2.23. The SMILES string of the molecule is CC(C)(C)C(=O)OCN(N)/N=C(\N)c1ccnc(-c2cn(CC3CCCc4ccccc43)cn2)c1. The number of esters is 1. The van der Waals surface area contributed by atoms with Crippen LogP contribution < -0.4 is 11.6 Å². The topological polar surface area (TPSA) is 125 Å². The van der Waals surface area contributed by atoms with Crippen LogP contribution in [-0.2, 0) is 22.5 Å². The van der Waals surface area contributed by atoms with E-state index in [0.29, 0.717) is 17.2 Å². The van der Waals surface area contributed by atoms with E-state index in [-0.39, 0.29) is 18.5 Å². The monoisotopic (exact) mass is 475 g/mol. The third kappa shape index (κ3) is 6.05. The van der Waals surface area contributed by atoms with E-state index in [4.69, 9.17) is 16.3 Å². The highest BCUT2D eigenvalue weighted by molar-refractivity contribution is 5.97. The molecule has 9 nitrogen and oxygen atoms in total. The average molecular weight is 476 g/mol. The van der Waals surface area contributed by atoms with Crippen LogP contribution in [0.25, 0.3) is 11.4 Å². The maximum atomic E-state index is 11.9. The Balaban J connectivity index is 1.43. The van der Waals surface area contributed by atoms with Crippen LogP contribution in [0.4, 0.5) is 0 Å². The lowest BCUT2D eigenvalue weighted by Crippen LogP contribution is -2.35. The molecule has 184 valence electrons. The number of nitrogens with two attached hydrogens (primary N) is 2. The van der Waals surface area contributed by atoms with Gasteiger partial charge in [0.15, 0.2) is 12.6 Å². The molecule has 1 unspecified atom stereocenters. The van der Waals surface area contributed by atoms with Crippen molar-refractivity contribution < 1.29 is 9.53 Å². The fourth-order valence-corrected chi connectivity index (χ4v) is 4.19. The second kappa shape index (κ2) is 10.3. The number of carbonyl (C=O) groups excluding carboxylic acids is 1. The van der Waals surface area contributed by atoms with Crippen LogP contribution in [0.2, 0.25) is 0 Å². The zero-order chi connectivity index (χ0) is 25.0. The number of benzene rings is 1. The number of imidazole rings is 1. The zero-order valence-electron chi connectivity index (χ0n) is 20.5. The molecule has 0 amide bonds. The summed E-state index contributed by atoms with van der Waals surface area (Å²) < 4.78 is 7.28. The van der Waals surface area contributed by atoms with Gasteiger partial charge in [0.2, 0.25) is 0 Å². The number of aryl methyl sites for hydroxylation is 1. The van der Waals surface area contributed by atoms with E-state index in [0.717, 1.165) is 23.8 Å². The third-order valence-corrected chi connectivity index (χ3v) is 6.05. The van der Waals surface area contributed by atoms with Gasteiger partial charge in [0.25, 0.3) is 0 Å². The van der Waals surface area contributed by atoms with E-state index in [2.05, 4.69) is 43.9 Å². The minimum absolute atomic E-state index is 0.182. The number of carbonyl (C=O) groups is 1. The molecule has 1 aliphatic carbocycles. The number of hydrogen-bond donors (Lipinski definition) is 2. The first-order valence-electron chi connectivity index (χ1n) is 11.8. The molecule has 4 N–H and O–H groups in total. The summed E-state index contributed by atoms with van der Waals surface area (Å²) in [5, 5.41) is 5.11. The summed E-state index contributed by atoms with van der Waals surface area (Å²) in [4.78, 5) is 20.9. The van der Waals surface area contributed by atoms with Crippen LogP contribution in [0.5, 0.6) is 0 Å². The van der Waals surface area contributed by atoms with Crippen LogP contribution >= 0.6 is 0 Å². The molecule has 2 heterocycles. The van der Waals surface area contributed by atoms with Gasteiger partial charge < -0.3 is 15.0 Å². The highest BCUT2D eigenvalue weighted by Crippen LogP contribution is 2.33. The second-order valence-electron chi connectivity index (χ2n) is 9.91. The van der Waals surface area contributed by atoms with E-state index < -0.39 is 5.41 Å². The Kier molecular flexibility index (Phi) is 7.16. The van der Waals surface area contributed by atoms with E-state index in [1.165, 1.54) is 24.0 Å². The number of rotatable bonds is 7. The molecule has 9 heteroatoms. The fourth-order valence-electron chi connectivity index (χ4n) is 4.19. The summed E-state index contributed by atoms with van der Waals surface area (Å²) >= 11 is 0. The molecule has 0 radical (unpaired) electrons. The first-order valence-corrected chi connectivity index (χ1v) is 11.8. The van der Waals surface area contributed by atoms with Gasteiger partial charge in [0.1, 0.15) is 5.69 Å². The Morgan fingerprint density at radius 1 is 1.23 bits per heavy atom. The van der Waals surface area contributed by atoms with Crippen molar-refractivity contribution >= 4 is 11.8 Å². The quantitative estimate of drug-likeness (QED) is 0.134. The molecular formula is C26H33N7O2. The number of fused-ring (bicyclic) bond motifs is 1. The van der Waals surface area contributed by atoms with E-state index >= 15 is 0 Å². The van der Waals surface area contributed by atoms with Crippen LogP contribution in [0.1, 0.15) is 56.2 Å². The summed E-state index contributed by atoms with van der Waals surface area (Å²) in [5.41, 5.74) is 10.5. The fraction of sp³-hybridized carbons (Fsp3) is 0.385. The number of aromatic nitrogens is 3. The molecule has 1 aliphatic rings. The Labute approximate surface area is 205 Å². The van der Waals surface area contributed by atoms with Crippen LogP contribution in [-0.4, -0.2) is 38.2 Å². The Bertz CT molecular complexity index is 1210. The van der Waals surface area contributed by atoms with Gasteiger partial charge >= 0.3 is 5.97 Å². The van der Waals surface area contributed by atoms with Crippen LogP contribution in [0, 0.1) is 5.41 Å². The minimum Gasteiger partial charge on any atom is -0.441 e. The molecule has 1 atom stereocenters. The second-order valence-corrected chi connectivity index (χ2v) is 9.91. The van der Waals surface area contributed by atoms with Gasteiger partial charge in [-0.05, 0) is 63.3 Å². The number of ether oxygens (including phenoxy) is 1. The highest BCUT2D eigenvalue weighted by atomic mass is 16.6. The largest absolute Gasteiger partial charge is 0.441 e. The summed E-state index contributed by atoms with van der Waals surface area (Å²) in [6.07, 6.45) is 9.05. The molecule has 0 saturated heterocycles. The summed E-state index contributed by atoms with van der Waals surface area (Å²) in [6, 6.07) is 12.3. The predicted molar refractivity (Wildman–Crippen MR) is 135 cm³/mol. The van der Waals surface area contributed by atoms with Gasteiger partial charge in [0, 0.05) is 30.4 Å². The summed E-state index contributed by atoms with van der Waals surface area (Å²) in [7, 11) is 0. The maximum absolute atomic E-state index is 11.9. The van der Waals surface area contributed by atoms with Crippen molar-refractivity contribution in [3.8, 4) is 11.4 Å². The lowest BCUT2D eigenvalue weighted by molar-refractivity contribution is -0.158. The van der Waals surface area contributed by atoms with Crippen LogP contribution in [0.15, 0.2) is 60.2 Å². The predicted octanol–water partition coefficient (Wildman–Crippen LogP) is 3.41. The Morgan fingerprint density at radius 2 is 2.03 bits per heavy atom. The Hall–Kier alpha value is -3.72. The third-order valence-electron chi connectivity index (χ3n) is 6.05. The first kappa shape index (κ1) is 24.4. The summed E-state index contributed by atoms with van der Waals surface area (Å²) in [5.74, 6) is 6.12. The van der Waals surface area contributed by atoms with Gasteiger partial charge in [-0.1, -0.05) is 24.3 Å². The van der Waals surface area contributed by atoms with Crippen LogP contribution in [0.3, 0.4) is 0 Å². The standard InChI is InChI=1S/C26H33N7O2/c1-26(2,3)25(34)35-17-33(28)31-24(27)19-11-12-29-22(13-19)23-15-32(16-30-23)14-20-9-6-8-18-7-4-5-10-21(18)20/h4-5,7,10-13,15-16,20H,6,8-9,14,17,28H2,1-3H3,(H2,27,31). The van der Waals surface area contributed by atoms with E-state index in [9.17, 15) is 4.79 Å². The lowest BCUT2D eigenvalue weighted by Gasteiger charge is -2.25. The number of pyridine rings is 1. The lowest BCUT2D eigenvalue weighted by atomic mass is 9.83. The van der Waals surface area contributed by atoms with Gasteiger partial charge in [0.05, 0.1) is 17.4 Å². The molecule has 0 bridgehead atoms. The number of hydrogen-bond acceptors (Lipinski definition) is 7. The average Bonchev–Trinajstić information content (AvgIpc) is 3.31. The van der Waals surface area contributed by atoms with Gasteiger partial charge in [-0.25, -0.2) is 10.8 Å². The molecule has 0 aliphatic heterocycles. The Morgan fingerprint density at radius 3 is 2.83 bits per heavy atom. The van der Waals surface area contributed by atoms with Crippen molar-refractivity contribution in [1.82, 2.24) is 19.7 Å². The minimum atomic E-state index is -0.625. The van der Waals surface area contributed by atoms with Crippen molar-refractivity contribution in [2.45, 2.75) is 52.5 Å². The first-order chi connectivity index (χ1) is 16.7. The van der Waals surface area contributed by atoms with Gasteiger partial charge in [-0.2, -0.15) is 5.12 Å². The number of nitrogens with zero attached hydrogens (tertiary/aromatic N) is 5. The molecule has 0 saturated carbocycles. The zero-order valence-corrected chi connectivity index (χ0v) is 20.5. The van der Waals surface area contributed by atoms with Crippen molar-refractivity contribution in [2.75, 3.05) is 6.73 Å². The maximum Gasteiger partial charge on any atom is 0.313 e. The number of hydrazine groups is 1. The molecule has 0 spiro atoms. The van der Waals surface area contributed by atoms with Crippen molar-refractivity contribution in [2.24, 2.45) is 22.1 Å². The molecule has 2 aromatic heterocycles. The molecule has 35 heavy (non-hydrogen) atoms. The normalized spacial score (nSPS) is 16.0. The van der Waals surface area contributed by atoms with Crippen molar-refractivity contribution in [3.05, 3.63) is 71.8 Å². The van der Waals surface area contributed by atoms with E-state index in [1.54, 1.807) is 33.0 Å². The van der Waals surface area contributed by atoms with E-state index in [1.807, 2.05) is 18.6 Å². The molecular weight excluding hydrogens is 442 g/mol. The van der Waals surface area contributed by atoms with Crippen molar-refractivity contribution in [3.63, 3.8) is 0 Å². The molecule has 4 rings (SSSR count). The van der Waals surface area contributed by atoms with Crippen molar-refractivity contribution in [1.29, 1.82) is 0 Å². The number of amidine groups is 1. The number of hydrazone groups is 1. The molecule has 3 aromatic rings. The smallest absolute Gasteiger partial charge is 0.313 e. The van der Waals surface area contributed by atoms with Gasteiger partial charge in [-0.15, -0.1) is 5.10 Å². The van der Waals surface area contributed by atoms with Gasteiger partial charge in [-0.3, -0.25) is 9.78 Å².